The van der Waals surface area contributed by atoms with Crippen LogP contribution in [0.5, 0.6) is 0 Å². The van der Waals surface area contributed by atoms with Gasteiger partial charge in [-0.3, -0.25) is 0 Å². The number of hydrogen-bond donors (Lipinski definition) is 5. The van der Waals surface area contributed by atoms with Crippen LogP contribution in [0.15, 0.2) is 41.7 Å². The Bertz CT molecular complexity index is 894. The summed E-state index contributed by atoms with van der Waals surface area (Å²) in [5, 5.41) is 8.47. The monoisotopic (exact) mass is 397 g/mol. The fourth-order valence-electron chi connectivity index (χ4n) is 2.79. The highest BCUT2D eigenvalue weighted by Gasteiger charge is 2.18. The fourth-order valence-corrected chi connectivity index (χ4v) is 2.79. The number of nitrogens with zero attached hydrogens (tertiary/aromatic N) is 4. The van der Waals surface area contributed by atoms with Gasteiger partial charge in [0.05, 0.1) is 0 Å². The Kier molecular flexibility index (Phi) is 6.40. The lowest BCUT2D eigenvalue weighted by atomic mass is 10.1. The summed E-state index contributed by atoms with van der Waals surface area (Å²) in [7, 11) is 0. The van der Waals surface area contributed by atoms with E-state index in [4.69, 9.17) is 11.5 Å². The Labute approximate surface area is 167 Å². The van der Waals surface area contributed by atoms with Crippen molar-refractivity contribution in [3.05, 3.63) is 42.2 Å². The van der Waals surface area contributed by atoms with Gasteiger partial charge in [0.15, 0.2) is 5.96 Å². The molecular formula is C18H23N9O2. The molecule has 4 amide bonds. The summed E-state index contributed by atoms with van der Waals surface area (Å²) in [6.07, 6.45) is 3.43. The maximum absolute atomic E-state index is 11.5. The molecule has 1 aliphatic rings. The molecule has 1 fully saturated rings. The topological polar surface area (TPSA) is 164 Å². The second kappa shape index (κ2) is 9.35. The molecule has 0 bridgehead atoms. The van der Waals surface area contributed by atoms with Gasteiger partial charge in [0, 0.05) is 50.7 Å². The number of guanidine groups is 1. The lowest BCUT2D eigenvalue weighted by Crippen LogP contribution is -2.32. The summed E-state index contributed by atoms with van der Waals surface area (Å²) < 4.78 is 0. The van der Waals surface area contributed by atoms with Crippen molar-refractivity contribution in [1.29, 1.82) is 0 Å². The molecule has 0 aliphatic carbocycles. The highest BCUT2D eigenvalue weighted by Crippen LogP contribution is 2.19. The normalized spacial score (nSPS) is 13.0. The lowest BCUT2D eigenvalue weighted by molar-refractivity contribution is 0.219. The van der Waals surface area contributed by atoms with Gasteiger partial charge in [0.2, 0.25) is 5.95 Å². The number of hydrogen-bond acceptors (Lipinski definition) is 5. The van der Waals surface area contributed by atoms with E-state index in [-0.39, 0.29) is 18.5 Å². The maximum Gasteiger partial charge on any atom is 0.344 e. The standard InChI is InChI=1S/C18H23N9O2/c19-15(20)26-17(28)25-9-12-2-1-3-13(8-12)14-10-23-16(24-11-14)21-4-6-27-7-5-22-18(27)29/h1-3,8,10-11H,4-7,9H2,(H,22,29)(H,21,23,24)(H5,19,20,25,26,28). The number of nitrogens with two attached hydrogens (primary N) is 2. The van der Waals surface area contributed by atoms with Crippen LogP contribution in [0.1, 0.15) is 5.56 Å². The van der Waals surface area contributed by atoms with E-state index >= 15 is 0 Å². The van der Waals surface area contributed by atoms with Gasteiger partial charge in [-0.25, -0.2) is 19.6 Å². The predicted molar refractivity (Wildman–Crippen MR) is 109 cm³/mol. The number of anilines is 1. The first-order chi connectivity index (χ1) is 14.0. The molecule has 7 N–H and O–H groups in total. The molecule has 0 unspecified atom stereocenters. The van der Waals surface area contributed by atoms with Crippen molar-refractivity contribution in [3.8, 4) is 11.1 Å². The second-order valence-corrected chi connectivity index (χ2v) is 6.34. The third kappa shape index (κ3) is 5.79. The second-order valence-electron chi connectivity index (χ2n) is 6.34. The minimum absolute atomic E-state index is 0.0440. The van der Waals surface area contributed by atoms with E-state index in [1.54, 1.807) is 17.3 Å². The van der Waals surface area contributed by atoms with Crippen LogP contribution < -0.4 is 27.4 Å². The molecule has 2 aromatic rings. The number of aromatic nitrogens is 2. The van der Waals surface area contributed by atoms with Gasteiger partial charge in [-0.15, -0.1) is 0 Å². The van der Waals surface area contributed by atoms with Crippen molar-refractivity contribution in [2.75, 3.05) is 31.5 Å². The van der Waals surface area contributed by atoms with Crippen LogP contribution in [-0.2, 0) is 6.54 Å². The van der Waals surface area contributed by atoms with E-state index in [2.05, 4.69) is 30.9 Å². The summed E-state index contributed by atoms with van der Waals surface area (Å²) in [5.41, 5.74) is 13.0. The highest BCUT2D eigenvalue weighted by molar-refractivity contribution is 5.90. The molecule has 29 heavy (non-hydrogen) atoms. The first kappa shape index (κ1) is 19.9. The number of carbonyl (C=O) groups is 2. The molecule has 152 valence electrons. The Hall–Kier alpha value is -3.89. The third-order valence-corrected chi connectivity index (χ3v) is 4.20. The van der Waals surface area contributed by atoms with Crippen molar-refractivity contribution in [2.24, 2.45) is 16.5 Å². The maximum atomic E-state index is 11.5. The summed E-state index contributed by atoms with van der Waals surface area (Å²) in [5.74, 6) is 0.208. The average molecular weight is 397 g/mol. The van der Waals surface area contributed by atoms with E-state index in [0.29, 0.717) is 32.1 Å². The zero-order valence-corrected chi connectivity index (χ0v) is 15.8. The number of aliphatic imine (C=N–C) groups is 1. The summed E-state index contributed by atoms with van der Waals surface area (Å²) >= 11 is 0. The summed E-state index contributed by atoms with van der Waals surface area (Å²) in [6, 6.07) is 6.97. The van der Waals surface area contributed by atoms with E-state index < -0.39 is 6.03 Å². The molecular weight excluding hydrogens is 374 g/mol. The molecule has 1 aromatic heterocycles. The van der Waals surface area contributed by atoms with Gasteiger partial charge in [0.1, 0.15) is 0 Å². The first-order valence-electron chi connectivity index (χ1n) is 9.07. The van der Waals surface area contributed by atoms with Gasteiger partial charge < -0.3 is 32.3 Å². The number of benzene rings is 1. The van der Waals surface area contributed by atoms with Crippen LogP contribution in [-0.4, -0.2) is 59.1 Å². The molecule has 0 radical (unpaired) electrons. The van der Waals surface area contributed by atoms with Crippen LogP contribution in [0.25, 0.3) is 11.1 Å². The molecule has 3 rings (SSSR count). The van der Waals surface area contributed by atoms with Gasteiger partial charge >= 0.3 is 12.1 Å². The van der Waals surface area contributed by atoms with Crippen molar-refractivity contribution >= 4 is 24.0 Å². The fraction of sp³-hybridized carbons (Fsp3) is 0.278. The molecule has 0 spiro atoms. The van der Waals surface area contributed by atoms with Crippen molar-refractivity contribution in [3.63, 3.8) is 0 Å². The zero-order chi connectivity index (χ0) is 20.6. The molecule has 2 heterocycles. The quantitative estimate of drug-likeness (QED) is 0.326. The Balaban J connectivity index is 1.54. The lowest BCUT2D eigenvalue weighted by Gasteiger charge is -2.14. The van der Waals surface area contributed by atoms with E-state index in [1.165, 1.54) is 0 Å². The molecule has 1 saturated heterocycles. The van der Waals surface area contributed by atoms with Gasteiger partial charge in [-0.05, 0) is 17.2 Å². The smallest absolute Gasteiger partial charge is 0.344 e. The Morgan fingerprint density at radius 3 is 2.72 bits per heavy atom. The van der Waals surface area contributed by atoms with Crippen LogP contribution in [0.4, 0.5) is 15.5 Å². The molecule has 0 atom stereocenters. The number of urea groups is 2. The van der Waals surface area contributed by atoms with Gasteiger partial charge in [-0.2, -0.15) is 4.99 Å². The van der Waals surface area contributed by atoms with Gasteiger partial charge in [-0.1, -0.05) is 18.2 Å². The molecule has 1 aliphatic heterocycles. The van der Waals surface area contributed by atoms with E-state index in [1.807, 2.05) is 24.3 Å². The SMILES string of the molecule is NC(N)=NC(=O)NCc1cccc(-c2cnc(NCCN3CCNC3=O)nc2)c1. The summed E-state index contributed by atoms with van der Waals surface area (Å²) in [4.78, 5) is 36.8. The number of carbonyl (C=O) groups excluding carboxylic acids is 2. The van der Waals surface area contributed by atoms with Crippen LogP contribution in [0.2, 0.25) is 0 Å². The van der Waals surface area contributed by atoms with Crippen molar-refractivity contribution in [1.82, 2.24) is 25.5 Å². The van der Waals surface area contributed by atoms with E-state index in [0.717, 1.165) is 16.7 Å². The number of rotatable bonds is 7. The number of nitrogens with one attached hydrogen (secondary N) is 3. The van der Waals surface area contributed by atoms with Crippen molar-refractivity contribution in [2.45, 2.75) is 6.54 Å². The number of amides is 4. The average Bonchev–Trinajstić information content (AvgIpc) is 3.11. The Morgan fingerprint density at radius 1 is 1.24 bits per heavy atom. The highest BCUT2D eigenvalue weighted by atomic mass is 16.2. The molecule has 11 heteroatoms. The molecule has 0 saturated carbocycles. The molecule has 1 aromatic carbocycles. The summed E-state index contributed by atoms with van der Waals surface area (Å²) in [6.45, 7) is 2.83. The van der Waals surface area contributed by atoms with Gasteiger partial charge in [0.25, 0.3) is 0 Å². The Morgan fingerprint density at radius 2 is 2.03 bits per heavy atom. The zero-order valence-electron chi connectivity index (χ0n) is 15.8. The largest absolute Gasteiger partial charge is 0.370 e. The van der Waals surface area contributed by atoms with Crippen LogP contribution in [0.3, 0.4) is 0 Å². The van der Waals surface area contributed by atoms with Crippen molar-refractivity contribution < 1.29 is 9.59 Å². The molecule has 11 nitrogen and oxygen atoms in total. The minimum atomic E-state index is -0.597. The first-order valence-corrected chi connectivity index (χ1v) is 9.07. The van der Waals surface area contributed by atoms with Crippen LogP contribution in [0, 0.1) is 0 Å². The third-order valence-electron chi connectivity index (χ3n) is 4.20. The minimum Gasteiger partial charge on any atom is -0.370 e. The van der Waals surface area contributed by atoms with Crippen LogP contribution >= 0.6 is 0 Å². The van der Waals surface area contributed by atoms with E-state index in [9.17, 15) is 9.59 Å². The predicted octanol–water partition coefficient (Wildman–Crippen LogP) is 0.0637.